The Morgan fingerprint density at radius 1 is 1.15 bits per heavy atom. The van der Waals surface area contributed by atoms with Crippen LogP contribution < -0.4 is 5.73 Å². The molecule has 2 N–H and O–H groups in total. The summed E-state index contributed by atoms with van der Waals surface area (Å²) in [5, 5.41) is 0.691. The summed E-state index contributed by atoms with van der Waals surface area (Å²) in [4.78, 5) is 6.75. The van der Waals surface area contributed by atoms with Gasteiger partial charge in [-0.1, -0.05) is 35.9 Å². The normalized spacial score (nSPS) is 15.7. The molecule has 2 heterocycles. The van der Waals surface area contributed by atoms with E-state index in [0.717, 1.165) is 38.2 Å². The van der Waals surface area contributed by atoms with Gasteiger partial charge in [-0.25, -0.2) is 4.98 Å². The molecule has 0 bridgehead atoms. The number of anilines is 1. The summed E-state index contributed by atoms with van der Waals surface area (Å²) in [7, 11) is 0. The third-order valence-corrected chi connectivity index (χ3v) is 4.09. The smallest absolute Gasteiger partial charge is 0.123 e. The highest BCUT2D eigenvalue weighted by Gasteiger charge is 2.15. The zero-order valence-corrected chi connectivity index (χ0v) is 12.1. The molecule has 0 atom stereocenters. The van der Waals surface area contributed by atoms with Crippen LogP contribution in [0.1, 0.15) is 23.2 Å². The van der Waals surface area contributed by atoms with E-state index in [0.29, 0.717) is 10.8 Å². The summed E-state index contributed by atoms with van der Waals surface area (Å²) in [5.41, 5.74) is 9.49. The van der Waals surface area contributed by atoms with Gasteiger partial charge in [0.2, 0.25) is 0 Å². The van der Waals surface area contributed by atoms with Gasteiger partial charge in [0.25, 0.3) is 0 Å². The zero-order chi connectivity index (χ0) is 13.9. The molecular weight excluding hydrogens is 270 g/mol. The van der Waals surface area contributed by atoms with Gasteiger partial charge in [-0.3, -0.25) is 4.90 Å². The molecule has 0 amide bonds. The number of aromatic nitrogens is 1. The van der Waals surface area contributed by atoms with E-state index < -0.39 is 0 Å². The molecule has 104 valence electrons. The molecule has 4 heteroatoms. The maximum Gasteiger partial charge on any atom is 0.123 e. The van der Waals surface area contributed by atoms with E-state index in [1.165, 1.54) is 11.1 Å². The Hall–Kier alpha value is -1.58. The number of pyridine rings is 1. The summed E-state index contributed by atoms with van der Waals surface area (Å²) < 4.78 is 0. The SMILES string of the molecule is Nc1ccc(Cl)c(CN2CCCc3ccccc3C2)n1. The van der Waals surface area contributed by atoms with Crippen molar-refractivity contribution in [2.75, 3.05) is 12.3 Å². The van der Waals surface area contributed by atoms with Gasteiger partial charge >= 0.3 is 0 Å². The van der Waals surface area contributed by atoms with Crippen LogP contribution in [0.2, 0.25) is 5.02 Å². The van der Waals surface area contributed by atoms with Crippen molar-refractivity contribution in [3.8, 4) is 0 Å². The van der Waals surface area contributed by atoms with Crippen molar-refractivity contribution in [2.24, 2.45) is 0 Å². The Bertz CT molecular complexity index is 612. The lowest BCUT2D eigenvalue weighted by molar-refractivity contribution is 0.258. The first-order chi connectivity index (χ1) is 9.72. The molecule has 1 aromatic heterocycles. The average Bonchev–Trinajstić information content (AvgIpc) is 2.64. The van der Waals surface area contributed by atoms with Crippen LogP contribution in [-0.2, 0) is 19.5 Å². The van der Waals surface area contributed by atoms with E-state index in [2.05, 4.69) is 34.1 Å². The van der Waals surface area contributed by atoms with Crippen molar-refractivity contribution >= 4 is 17.4 Å². The highest BCUT2D eigenvalue weighted by atomic mass is 35.5. The van der Waals surface area contributed by atoms with Crippen molar-refractivity contribution in [1.29, 1.82) is 0 Å². The number of rotatable bonds is 2. The molecule has 0 fully saturated rings. The van der Waals surface area contributed by atoms with Gasteiger partial charge in [-0.15, -0.1) is 0 Å². The Morgan fingerprint density at radius 3 is 2.80 bits per heavy atom. The summed E-state index contributed by atoms with van der Waals surface area (Å²) in [5.74, 6) is 0.527. The highest BCUT2D eigenvalue weighted by molar-refractivity contribution is 6.31. The molecule has 0 aliphatic carbocycles. The lowest BCUT2D eigenvalue weighted by atomic mass is 10.0. The number of nitrogen functional groups attached to an aromatic ring is 1. The van der Waals surface area contributed by atoms with Crippen LogP contribution in [0.15, 0.2) is 36.4 Å². The van der Waals surface area contributed by atoms with Crippen LogP contribution in [0, 0.1) is 0 Å². The number of hydrogen-bond acceptors (Lipinski definition) is 3. The molecule has 0 radical (unpaired) electrons. The van der Waals surface area contributed by atoms with E-state index in [1.54, 1.807) is 6.07 Å². The van der Waals surface area contributed by atoms with Crippen molar-refractivity contribution < 1.29 is 0 Å². The number of fused-ring (bicyclic) bond motifs is 1. The third-order valence-electron chi connectivity index (χ3n) is 3.75. The first kappa shape index (κ1) is 13.4. The number of nitrogens with zero attached hydrogens (tertiary/aromatic N) is 2. The molecular formula is C16H18ClN3. The standard InChI is InChI=1S/C16H18ClN3/c17-14-7-8-16(18)19-15(14)11-20-9-3-6-12-4-1-2-5-13(12)10-20/h1-2,4-5,7-8H,3,6,9-11H2,(H2,18,19). The average molecular weight is 288 g/mol. The second-order valence-corrected chi connectivity index (χ2v) is 5.65. The maximum absolute atomic E-state index is 6.21. The molecule has 3 nitrogen and oxygen atoms in total. The van der Waals surface area contributed by atoms with Crippen LogP contribution in [0.5, 0.6) is 0 Å². The molecule has 1 aliphatic rings. The molecule has 2 aromatic rings. The van der Waals surface area contributed by atoms with Crippen LogP contribution in [0.25, 0.3) is 0 Å². The van der Waals surface area contributed by atoms with Gasteiger partial charge in [0, 0.05) is 13.1 Å². The second kappa shape index (κ2) is 5.81. The second-order valence-electron chi connectivity index (χ2n) is 5.25. The lowest BCUT2D eigenvalue weighted by Gasteiger charge is -2.20. The van der Waals surface area contributed by atoms with Gasteiger partial charge in [0.15, 0.2) is 0 Å². The molecule has 1 aromatic carbocycles. The number of aryl methyl sites for hydroxylation is 1. The van der Waals surface area contributed by atoms with Crippen LogP contribution in [-0.4, -0.2) is 16.4 Å². The van der Waals surface area contributed by atoms with E-state index >= 15 is 0 Å². The highest BCUT2D eigenvalue weighted by Crippen LogP contribution is 2.22. The largest absolute Gasteiger partial charge is 0.384 e. The Morgan fingerprint density at radius 2 is 1.95 bits per heavy atom. The van der Waals surface area contributed by atoms with Crippen molar-refractivity contribution in [3.05, 3.63) is 58.2 Å². The van der Waals surface area contributed by atoms with E-state index in [-0.39, 0.29) is 0 Å². The number of benzene rings is 1. The summed E-state index contributed by atoms with van der Waals surface area (Å²) >= 11 is 6.21. The van der Waals surface area contributed by atoms with Crippen molar-refractivity contribution in [3.63, 3.8) is 0 Å². The predicted octanol–water partition coefficient (Wildman–Crippen LogP) is 3.27. The van der Waals surface area contributed by atoms with Gasteiger partial charge in [0.1, 0.15) is 5.82 Å². The molecule has 1 aliphatic heterocycles. The fourth-order valence-electron chi connectivity index (χ4n) is 2.73. The molecule has 20 heavy (non-hydrogen) atoms. The van der Waals surface area contributed by atoms with E-state index in [9.17, 15) is 0 Å². The van der Waals surface area contributed by atoms with Gasteiger partial charge in [0.05, 0.1) is 10.7 Å². The summed E-state index contributed by atoms with van der Waals surface area (Å²) in [6, 6.07) is 12.2. The van der Waals surface area contributed by atoms with Crippen LogP contribution in [0.3, 0.4) is 0 Å². The van der Waals surface area contributed by atoms with Gasteiger partial charge < -0.3 is 5.73 Å². The number of nitrogens with two attached hydrogens (primary N) is 1. The molecule has 0 unspecified atom stereocenters. The molecule has 0 saturated carbocycles. The lowest BCUT2D eigenvalue weighted by Crippen LogP contribution is -2.23. The van der Waals surface area contributed by atoms with Crippen molar-refractivity contribution in [2.45, 2.75) is 25.9 Å². The van der Waals surface area contributed by atoms with Gasteiger partial charge in [-0.2, -0.15) is 0 Å². The van der Waals surface area contributed by atoms with Crippen LogP contribution >= 0.6 is 11.6 Å². The topological polar surface area (TPSA) is 42.1 Å². The first-order valence-corrected chi connectivity index (χ1v) is 7.30. The monoisotopic (exact) mass is 287 g/mol. The molecule has 3 rings (SSSR count). The summed E-state index contributed by atoms with van der Waals surface area (Å²) in [6.45, 7) is 2.75. The Labute approximate surface area is 124 Å². The van der Waals surface area contributed by atoms with Crippen molar-refractivity contribution in [1.82, 2.24) is 9.88 Å². The molecule has 0 saturated heterocycles. The quantitative estimate of drug-likeness (QED) is 0.922. The number of halogens is 1. The Balaban J connectivity index is 1.80. The molecule has 0 spiro atoms. The minimum atomic E-state index is 0.527. The predicted molar refractivity (Wildman–Crippen MR) is 82.5 cm³/mol. The number of hydrogen-bond donors (Lipinski definition) is 1. The minimum Gasteiger partial charge on any atom is -0.384 e. The maximum atomic E-state index is 6.21. The first-order valence-electron chi connectivity index (χ1n) is 6.92. The fraction of sp³-hybridized carbons (Fsp3) is 0.312. The fourth-order valence-corrected chi connectivity index (χ4v) is 2.89. The zero-order valence-electron chi connectivity index (χ0n) is 11.3. The summed E-state index contributed by atoms with van der Waals surface area (Å²) in [6.07, 6.45) is 2.31. The third kappa shape index (κ3) is 2.94. The van der Waals surface area contributed by atoms with E-state index in [1.807, 2.05) is 6.07 Å². The van der Waals surface area contributed by atoms with Gasteiger partial charge in [-0.05, 0) is 42.6 Å². The Kier molecular flexibility index (Phi) is 3.90. The van der Waals surface area contributed by atoms with E-state index in [4.69, 9.17) is 17.3 Å². The van der Waals surface area contributed by atoms with Crippen LogP contribution in [0.4, 0.5) is 5.82 Å². The minimum absolute atomic E-state index is 0.527.